The summed E-state index contributed by atoms with van der Waals surface area (Å²) in [6.07, 6.45) is 5.39. The zero-order valence-electron chi connectivity index (χ0n) is 11.3. The number of H-pyrrole nitrogens is 1. The van der Waals surface area contributed by atoms with E-state index in [1.165, 1.54) is 25.9 Å². The van der Waals surface area contributed by atoms with Crippen LogP contribution >= 0.6 is 15.9 Å². The number of nitrogens with zero attached hydrogens (tertiary/aromatic N) is 1. The number of hydrogen-bond donors (Lipinski definition) is 2. The van der Waals surface area contributed by atoms with Gasteiger partial charge in [-0.15, -0.1) is 0 Å². The van der Waals surface area contributed by atoms with E-state index in [-0.39, 0.29) is 0 Å². The molecular weight excluding hydrogens is 318 g/mol. The Balaban J connectivity index is 0.000000205. The van der Waals surface area contributed by atoms with Gasteiger partial charge in [0.25, 0.3) is 0 Å². The molecule has 4 nitrogen and oxygen atoms in total. The molecule has 106 valence electrons. The molecule has 2 aliphatic heterocycles. The second kappa shape index (κ2) is 6.41. The maximum Gasteiger partial charge on any atom is 0.129 e. The van der Waals surface area contributed by atoms with E-state index in [9.17, 15) is 0 Å². The van der Waals surface area contributed by atoms with Crippen LogP contribution in [-0.2, 0) is 6.42 Å². The summed E-state index contributed by atoms with van der Waals surface area (Å²) < 4.78 is 6.71. The third-order valence-electron chi connectivity index (χ3n) is 3.48. The van der Waals surface area contributed by atoms with Crippen LogP contribution in [0, 0.1) is 0 Å². The van der Waals surface area contributed by atoms with Gasteiger partial charge < -0.3 is 15.0 Å². The minimum absolute atomic E-state index is 0.693. The van der Waals surface area contributed by atoms with Gasteiger partial charge in [0.2, 0.25) is 0 Å². The van der Waals surface area contributed by atoms with Gasteiger partial charge in [0, 0.05) is 22.2 Å². The smallest absolute Gasteiger partial charge is 0.129 e. The Morgan fingerprint density at radius 3 is 2.80 bits per heavy atom. The molecule has 4 rings (SSSR count). The maximum atomic E-state index is 5.68. The maximum absolute atomic E-state index is 5.68. The average molecular weight is 336 g/mol. The largest absolute Gasteiger partial charge is 0.492 e. The van der Waals surface area contributed by atoms with Crippen molar-refractivity contribution in [2.75, 3.05) is 19.7 Å². The van der Waals surface area contributed by atoms with Gasteiger partial charge in [0.05, 0.1) is 18.6 Å². The van der Waals surface area contributed by atoms with Gasteiger partial charge in [-0.3, -0.25) is 0 Å². The first kappa shape index (κ1) is 13.6. The van der Waals surface area contributed by atoms with Crippen molar-refractivity contribution >= 4 is 15.9 Å². The highest BCUT2D eigenvalue weighted by Gasteiger charge is 2.17. The van der Waals surface area contributed by atoms with Gasteiger partial charge in [0.1, 0.15) is 5.75 Å². The van der Waals surface area contributed by atoms with Crippen LogP contribution < -0.4 is 10.1 Å². The highest BCUT2D eigenvalue weighted by Crippen LogP contribution is 2.35. The molecule has 1 aromatic heterocycles. The number of benzene rings is 1. The van der Waals surface area contributed by atoms with Crippen molar-refractivity contribution in [1.82, 2.24) is 15.3 Å². The lowest BCUT2D eigenvalue weighted by molar-refractivity contribution is 0.325. The lowest BCUT2D eigenvalue weighted by atomic mass is 10.1. The molecule has 2 aromatic rings. The van der Waals surface area contributed by atoms with Crippen LogP contribution in [0.1, 0.15) is 18.5 Å². The fourth-order valence-corrected chi connectivity index (χ4v) is 2.78. The lowest BCUT2D eigenvalue weighted by Crippen LogP contribution is -2.03. The standard InChI is InChI=1S/C11H9BrN2O.C4H9N/c12-7-1-2-8-10(5-7)15-4-3-9-11(8)14-6-13-9;1-2-4-5-3-1/h1-2,5-6H,3-4H2,(H,13,14);5H,1-4H2. The number of aromatic amines is 1. The SMILES string of the molecule is Brc1ccc2c(c1)OCCc1[nH]cnc1-2.C1CCNC1. The summed E-state index contributed by atoms with van der Waals surface area (Å²) in [5.74, 6) is 0.898. The molecule has 20 heavy (non-hydrogen) atoms. The number of halogens is 1. The summed E-state index contributed by atoms with van der Waals surface area (Å²) in [5.41, 5.74) is 3.22. The summed E-state index contributed by atoms with van der Waals surface area (Å²) in [6.45, 7) is 3.19. The summed E-state index contributed by atoms with van der Waals surface area (Å²) in [4.78, 5) is 7.49. The zero-order chi connectivity index (χ0) is 13.8. The molecule has 0 saturated carbocycles. The molecule has 0 unspecified atom stereocenters. The van der Waals surface area contributed by atoms with Crippen LogP contribution in [0.25, 0.3) is 11.3 Å². The van der Waals surface area contributed by atoms with E-state index >= 15 is 0 Å². The van der Waals surface area contributed by atoms with Gasteiger partial charge in [-0.05, 0) is 44.1 Å². The number of hydrogen-bond acceptors (Lipinski definition) is 3. The highest BCUT2D eigenvalue weighted by molar-refractivity contribution is 9.10. The number of ether oxygens (including phenoxy) is 1. The van der Waals surface area contributed by atoms with Crippen molar-refractivity contribution in [2.24, 2.45) is 0 Å². The van der Waals surface area contributed by atoms with Gasteiger partial charge in [-0.25, -0.2) is 4.98 Å². The van der Waals surface area contributed by atoms with Crippen LogP contribution in [0.5, 0.6) is 5.75 Å². The van der Waals surface area contributed by atoms with Crippen molar-refractivity contribution in [1.29, 1.82) is 0 Å². The molecule has 0 atom stereocenters. The molecule has 1 aromatic carbocycles. The van der Waals surface area contributed by atoms with Gasteiger partial charge in [-0.2, -0.15) is 0 Å². The second-order valence-corrected chi connectivity index (χ2v) is 5.84. The molecule has 0 aliphatic carbocycles. The topological polar surface area (TPSA) is 49.9 Å². The summed E-state index contributed by atoms with van der Waals surface area (Å²) in [7, 11) is 0. The Morgan fingerprint density at radius 2 is 2.05 bits per heavy atom. The summed E-state index contributed by atoms with van der Waals surface area (Å²) >= 11 is 3.44. The minimum atomic E-state index is 0.693. The minimum Gasteiger partial charge on any atom is -0.492 e. The predicted molar refractivity (Wildman–Crippen MR) is 83.0 cm³/mol. The van der Waals surface area contributed by atoms with E-state index in [0.29, 0.717) is 6.61 Å². The van der Waals surface area contributed by atoms with Crippen LogP contribution in [0.4, 0.5) is 0 Å². The highest BCUT2D eigenvalue weighted by atomic mass is 79.9. The first-order valence-electron chi connectivity index (χ1n) is 7.00. The Bertz CT molecular complexity index is 571. The molecule has 0 amide bonds. The second-order valence-electron chi connectivity index (χ2n) is 4.93. The number of rotatable bonds is 0. The van der Waals surface area contributed by atoms with Gasteiger partial charge in [0.15, 0.2) is 0 Å². The molecule has 1 fully saturated rings. The Labute approximate surface area is 127 Å². The van der Waals surface area contributed by atoms with Crippen molar-refractivity contribution in [2.45, 2.75) is 19.3 Å². The molecular formula is C15H18BrN3O. The molecule has 3 heterocycles. The fourth-order valence-electron chi connectivity index (χ4n) is 2.44. The monoisotopic (exact) mass is 335 g/mol. The van der Waals surface area contributed by atoms with Crippen LogP contribution in [-0.4, -0.2) is 29.7 Å². The first-order chi connectivity index (χ1) is 9.84. The van der Waals surface area contributed by atoms with Crippen molar-refractivity contribution in [3.05, 3.63) is 34.7 Å². The molecule has 0 spiro atoms. The Morgan fingerprint density at radius 1 is 1.20 bits per heavy atom. The number of imidazole rings is 1. The lowest BCUT2D eigenvalue weighted by Gasteiger charge is -2.06. The van der Waals surface area contributed by atoms with E-state index in [4.69, 9.17) is 4.74 Å². The molecule has 5 heteroatoms. The Hall–Kier alpha value is -1.33. The van der Waals surface area contributed by atoms with E-state index in [2.05, 4.69) is 31.2 Å². The molecule has 2 N–H and O–H groups in total. The van der Waals surface area contributed by atoms with Crippen molar-refractivity contribution in [3.8, 4) is 17.0 Å². The van der Waals surface area contributed by atoms with Gasteiger partial charge in [-0.1, -0.05) is 15.9 Å². The van der Waals surface area contributed by atoms with E-state index < -0.39 is 0 Å². The third kappa shape index (κ3) is 3.04. The van der Waals surface area contributed by atoms with E-state index in [1.807, 2.05) is 18.2 Å². The summed E-state index contributed by atoms with van der Waals surface area (Å²) in [5, 5.41) is 3.22. The predicted octanol–water partition coefficient (Wildman–Crippen LogP) is 3.14. The molecule has 2 aliphatic rings. The van der Waals surface area contributed by atoms with Crippen LogP contribution in [0.15, 0.2) is 29.0 Å². The molecule has 0 radical (unpaired) electrons. The first-order valence-corrected chi connectivity index (χ1v) is 7.79. The van der Waals surface area contributed by atoms with Gasteiger partial charge >= 0.3 is 0 Å². The van der Waals surface area contributed by atoms with E-state index in [1.54, 1.807) is 6.33 Å². The normalized spacial score (nSPS) is 16.2. The van der Waals surface area contributed by atoms with Crippen molar-refractivity contribution < 1.29 is 4.74 Å². The average Bonchev–Trinajstić information content (AvgIpc) is 3.11. The summed E-state index contributed by atoms with van der Waals surface area (Å²) in [6, 6.07) is 6.02. The quantitative estimate of drug-likeness (QED) is 0.777. The molecule has 0 bridgehead atoms. The van der Waals surface area contributed by atoms with Crippen LogP contribution in [0.2, 0.25) is 0 Å². The third-order valence-corrected chi connectivity index (χ3v) is 3.98. The number of aromatic nitrogens is 2. The number of fused-ring (bicyclic) bond motifs is 3. The van der Waals surface area contributed by atoms with E-state index in [0.717, 1.165) is 33.6 Å². The fraction of sp³-hybridized carbons (Fsp3) is 0.400. The number of nitrogens with one attached hydrogen (secondary N) is 2. The molecule has 1 saturated heterocycles. The zero-order valence-corrected chi connectivity index (χ0v) is 12.9. The van der Waals surface area contributed by atoms with Crippen molar-refractivity contribution in [3.63, 3.8) is 0 Å². The van der Waals surface area contributed by atoms with Crippen LogP contribution in [0.3, 0.4) is 0 Å². The Kier molecular flexibility index (Phi) is 4.38.